The van der Waals surface area contributed by atoms with Crippen LogP contribution in [0, 0.1) is 35.5 Å². The molecule has 0 radical (unpaired) electrons. The SMILES string of the molecule is C/C=C/C[C@@H](C)[C@@H](O)[C@H]1C(=O)N[C@@H](CC)C(=O)N(C)[C@H](SCCN(C)C)C(=O)N[C@@H](CC(C)(C)O)C(=O)N[C@@H](C(C)C)C(=O)N(C)[C@@H](CC(C)C)C(=O)N[C@@H](C)C(=O)N[C@H](C)C(=O)N(C)[C@@H](CC(C)C)C(=O)N(C)[C@@H](CC(C)C)C(=O)N(C)[C@@H](C(C)C)C(=O)N1C. The fourth-order valence-corrected chi connectivity index (χ4v) is 12.2. The Morgan fingerprint density at radius 1 is 0.527 bits per heavy atom. The van der Waals surface area contributed by atoms with Gasteiger partial charge in [0, 0.05) is 61.0 Å². The number of aliphatic hydroxyl groups is 2. The summed E-state index contributed by atoms with van der Waals surface area (Å²) >= 11 is 1.07. The second kappa shape index (κ2) is 37.7. The Labute approximate surface area is 548 Å². The van der Waals surface area contributed by atoms with Crippen molar-refractivity contribution in [3.8, 4) is 0 Å². The highest BCUT2D eigenvalue weighted by molar-refractivity contribution is 8.00. The molecule has 0 saturated carbocycles. The van der Waals surface area contributed by atoms with E-state index in [9.17, 15) is 43.8 Å². The summed E-state index contributed by atoms with van der Waals surface area (Å²) in [6, 6.07) is -13.2. The van der Waals surface area contributed by atoms with E-state index >= 15 is 19.2 Å². The maximum Gasteiger partial charge on any atom is 0.253 e. The van der Waals surface area contributed by atoms with Crippen molar-refractivity contribution in [2.75, 3.05) is 68.7 Å². The number of hydrogen-bond acceptors (Lipinski definition) is 15. The van der Waals surface area contributed by atoms with Crippen LogP contribution in [0.15, 0.2) is 12.2 Å². The van der Waals surface area contributed by atoms with E-state index in [2.05, 4.69) is 26.6 Å². The van der Waals surface area contributed by atoms with Gasteiger partial charge in [0.2, 0.25) is 59.1 Å². The lowest BCUT2D eigenvalue weighted by Gasteiger charge is -2.41. The molecular weight excluding hydrogens is 1190 g/mol. The number of amides is 11. The molecule has 0 bridgehead atoms. The van der Waals surface area contributed by atoms with E-state index in [0.29, 0.717) is 6.54 Å². The zero-order chi connectivity index (χ0) is 70.6. The fourth-order valence-electron chi connectivity index (χ4n) is 11.0. The van der Waals surface area contributed by atoms with Crippen LogP contribution in [0.2, 0.25) is 0 Å². The Kier molecular flexibility index (Phi) is 34.5. The topological polar surface area (TPSA) is 311 Å². The molecule has 0 spiro atoms. The monoisotopic (exact) mass is 1310 g/mol. The molecule has 0 unspecified atom stereocenters. The first-order chi connectivity index (χ1) is 41.9. The van der Waals surface area contributed by atoms with Crippen LogP contribution >= 0.6 is 11.8 Å². The Morgan fingerprint density at radius 2 is 0.989 bits per heavy atom. The third-order valence-electron chi connectivity index (χ3n) is 16.5. The number of rotatable bonds is 19. The summed E-state index contributed by atoms with van der Waals surface area (Å²) in [7, 11) is 12.1. The summed E-state index contributed by atoms with van der Waals surface area (Å²) in [5, 5.41) is 35.7. The van der Waals surface area contributed by atoms with Gasteiger partial charge in [-0.1, -0.05) is 95.2 Å². The van der Waals surface area contributed by atoms with E-state index in [4.69, 9.17) is 0 Å². The zero-order valence-corrected chi connectivity index (χ0v) is 60.4. The lowest BCUT2D eigenvalue weighted by atomic mass is 9.91. The summed E-state index contributed by atoms with van der Waals surface area (Å²) in [6.07, 6.45) is 2.30. The molecule has 13 atom stereocenters. The third kappa shape index (κ3) is 24.9. The van der Waals surface area contributed by atoms with Crippen LogP contribution < -0.4 is 26.6 Å². The summed E-state index contributed by atoms with van der Waals surface area (Å²) in [4.78, 5) is 171. The van der Waals surface area contributed by atoms with Crippen molar-refractivity contribution in [1.82, 2.24) is 60.9 Å². The molecular formula is C65H118N12O13S. The van der Waals surface area contributed by atoms with Gasteiger partial charge >= 0.3 is 0 Å². The minimum atomic E-state index is -1.66. The van der Waals surface area contributed by atoms with Gasteiger partial charge in [0.05, 0.1) is 11.7 Å². The minimum absolute atomic E-state index is 0.0346. The molecule has 25 nitrogen and oxygen atoms in total. The van der Waals surface area contributed by atoms with Crippen LogP contribution in [0.4, 0.5) is 0 Å². The van der Waals surface area contributed by atoms with E-state index < -0.39 is 160 Å². The Morgan fingerprint density at radius 3 is 1.45 bits per heavy atom. The van der Waals surface area contributed by atoms with Gasteiger partial charge in [-0.05, 0) is 116 Å². The number of aliphatic hydroxyl groups excluding tert-OH is 1. The van der Waals surface area contributed by atoms with Gasteiger partial charge in [0.25, 0.3) is 5.91 Å². The van der Waals surface area contributed by atoms with E-state index in [1.807, 2.05) is 60.5 Å². The molecule has 0 aromatic heterocycles. The number of likely N-dealkylation sites (N-methyl/N-ethyl adjacent to an activating group) is 6. The van der Waals surface area contributed by atoms with Crippen molar-refractivity contribution >= 4 is 76.7 Å². The maximum absolute atomic E-state index is 15.3. The number of allylic oxidation sites excluding steroid dienone is 2. The molecule has 1 aliphatic heterocycles. The van der Waals surface area contributed by atoms with Gasteiger partial charge in [0.1, 0.15) is 60.4 Å². The number of carbonyl (C=O) groups excluding carboxylic acids is 11. The van der Waals surface area contributed by atoms with E-state index in [1.54, 1.807) is 60.6 Å². The van der Waals surface area contributed by atoms with Crippen LogP contribution in [-0.4, -0.2) is 256 Å². The quantitative estimate of drug-likeness (QED) is 0.0915. The predicted molar refractivity (Wildman–Crippen MR) is 355 cm³/mol. The first kappa shape index (κ1) is 83.2. The molecule has 1 heterocycles. The first-order valence-electron chi connectivity index (χ1n) is 32.3. The maximum atomic E-state index is 15.3. The average Bonchev–Trinajstić information content (AvgIpc) is 0.834. The molecule has 91 heavy (non-hydrogen) atoms. The van der Waals surface area contributed by atoms with Crippen LogP contribution in [0.3, 0.4) is 0 Å². The molecule has 7 N–H and O–H groups in total. The third-order valence-corrected chi connectivity index (χ3v) is 17.8. The minimum Gasteiger partial charge on any atom is -0.390 e. The molecule has 1 rings (SSSR count). The van der Waals surface area contributed by atoms with Crippen LogP contribution in [0.1, 0.15) is 156 Å². The summed E-state index contributed by atoms with van der Waals surface area (Å²) in [6.45, 7) is 29.2. The number of hydrogen-bond donors (Lipinski definition) is 7. The van der Waals surface area contributed by atoms with Crippen molar-refractivity contribution in [3.63, 3.8) is 0 Å². The Hall–Kier alpha value is -5.86. The number of nitrogens with zero attached hydrogens (tertiary/aromatic N) is 7. The van der Waals surface area contributed by atoms with Gasteiger partial charge in [-0.2, -0.15) is 0 Å². The highest BCUT2D eigenvalue weighted by Crippen LogP contribution is 2.26. The average molecular weight is 1310 g/mol. The van der Waals surface area contributed by atoms with Crippen LogP contribution in [-0.2, 0) is 52.7 Å². The molecule has 0 aromatic rings. The van der Waals surface area contributed by atoms with Gasteiger partial charge in [-0.15, -0.1) is 11.8 Å². The zero-order valence-electron chi connectivity index (χ0n) is 59.6. The summed E-state index contributed by atoms with van der Waals surface area (Å²) in [5.41, 5.74) is -1.59. The van der Waals surface area contributed by atoms with Crippen molar-refractivity contribution in [2.24, 2.45) is 35.5 Å². The second-order valence-electron chi connectivity index (χ2n) is 27.8. The van der Waals surface area contributed by atoms with Crippen LogP contribution in [0.25, 0.3) is 0 Å². The van der Waals surface area contributed by atoms with E-state index in [1.165, 1.54) is 89.6 Å². The highest BCUT2D eigenvalue weighted by Gasteiger charge is 2.46. The van der Waals surface area contributed by atoms with Crippen molar-refractivity contribution in [2.45, 2.75) is 234 Å². The molecule has 1 saturated heterocycles. The summed E-state index contributed by atoms with van der Waals surface area (Å²) < 4.78 is 0. The van der Waals surface area contributed by atoms with Gasteiger partial charge < -0.3 is 71.1 Å². The normalized spacial score (nSPS) is 26.8. The van der Waals surface area contributed by atoms with E-state index in [-0.39, 0.29) is 62.0 Å². The molecule has 0 aliphatic carbocycles. The molecule has 26 heteroatoms. The predicted octanol–water partition coefficient (Wildman–Crippen LogP) is 2.66. The second-order valence-corrected chi connectivity index (χ2v) is 29.0. The van der Waals surface area contributed by atoms with E-state index in [0.717, 1.165) is 21.6 Å². The van der Waals surface area contributed by atoms with Crippen molar-refractivity contribution in [3.05, 3.63) is 12.2 Å². The van der Waals surface area contributed by atoms with Gasteiger partial charge in [-0.3, -0.25) is 52.7 Å². The largest absolute Gasteiger partial charge is 0.390 e. The molecule has 522 valence electrons. The molecule has 11 amide bonds. The van der Waals surface area contributed by atoms with Gasteiger partial charge in [0.15, 0.2) is 5.37 Å². The first-order valence-corrected chi connectivity index (χ1v) is 33.3. The number of carbonyl (C=O) groups is 11. The highest BCUT2D eigenvalue weighted by atomic mass is 32.2. The van der Waals surface area contributed by atoms with Gasteiger partial charge in [-0.25, -0.2) is 0 Å². The smallest absolute Gasteiger partial charge is 0.253 e. The van der Waals surface area contributed by atoms with Crippen LogP contribution in [0.5, 0.6) is 0 Å². The number of nitrogens with one attached hydrogen (secondary N) is 5. The van der Waals surface area contributed by atoms with Crippen molar-refractivity contribution in [1.29, 1.82) is 0 Å². The Bertz CT molecular complexity index is 2490. The van der Waals surface area contributed by atoms with Crippen molar-refractivity contribution < 1.29 is 63.0 Å². The number of thioether (sulfide) groups is 1. The Balaban J connectivity index is 4.50. The molecule has 1 aliphatic rings. The standard InChI is InChI=1S/C65H118N12O13S/c1-26-28-29-41(13)52(78)51-56(82)68-44(27-2)59(85)77(25)64(91-31-30-71(18)19)57(83)69-45(35-65(16,17)90)54(80)70-49(39(9)10)62(88)72(20)46(32-36(3)4)55(81)66-42(14)53(79)67-43(15)58(84)73(21)47(33-37(5)6)60(86)74(22)48(34-38(7)8)61(87)75(23)50(40(11)12)63(89)76(51)24/h26,28,36-52,64,78,90H,27,29-35H2,1-25H3,(H,66,81)(H,67,79)(H,68,82)(H,69,83)(H,70,80)/b28-26+/t41-,42+,43-,44+,45+,46+,47+,48+,49+,50+,51+,52-,64-/m1/s1. The summed E-state index contributed by atoms with van der Waals surface area (Å²) in [5.74, 6) is -10.2. The lowest BCUT2D eigenvalue weighted by molar-refractivity contribution is -0.157. The lowest BCUT2D eigenvalue weighted by Crippen LogP contribution is -2.64. The molecule has 0 aromatic carbocycles. The molecule has 1 fully saturated rings. The fraction of sp³-hybridized carbons (Fsp3) is 0.800.